The molecule has 0 unspecified atom stereocenters. The summed E-state index contributed by atoms with van der Waals surface area (Å²) in [6, 6.07) is 0. The summed E-state index contributed by atoms with van der Waals surface area (Å²) in [5, 5.41) is 6.80. The molecule has 0 aromatic heterocycles. The van der Waals surface area contributed by atoms with Crippen LogP contribution in [0.1, 0.15) is 44.9 Å². The number of nitrogens with zero attached hydrogens (tertiary/aromatic N) is 2. The molecule has 2 N–H and O–H groups in total. The third kappa shape index (κ3) is 7.86. The topological polar surface area (TPSA) is 48.9 Å². The number of likely N-dealkylation sites (tertiary alicyclic amines) is 1. The van der Waals surface area contributed by atoms with Crippen LogP contribution < -0.4 is 10.6 Å². The van der Waals surface area contributed by atoms with Crippen molar-refractivity contribution >= 4 is 5.96 Å². The number of nitrogens with one attached hydrogen (secondary N) is 2. The minimum absolute atomic E-state index is 0.332. The van der Waals surface area contributed by atoms with Gasteiger partial charge in [0.05, 0.1) is 6.54 Å². The molecule has 158 valence electrons. The van der Waals surface area contributed by atoms with Crippen molar-refractivity contribution in [2.45, 2.75) is 51.1 Å². The average molecular weight is 393 g/mol. The molecule has 2 rings (SSSR count). The first-order valence-corrected chi connectivity index (χ1v) is 10.1. The predicted molar refractivity (Wildman–Crippen MR) is 102 cm³/mol. The summed E-state index contributed by atoms with van der Waals surface area (Å²) in [7, 11) is 3.52. The highest BCUT2D eigenvalue weighted by molar-refractivity contribution is 5.79. The highest BCUT2D eigenvalue weighted by Crippen LogP contribution is 2.43. The molecule has 2 fully saturated rings. The lowest BCUT2D eigenvalue weighted by atomic mass is 9.67. The van der Waals surface area contributed by atoms with Gasteiger partial charge in [-0.05, 0) is 62.9 Å². The molecular weight excluding hydrogens is 357 g/mol. The number of guanidine groups is 1. The molecule has 1 aliphatic heterocycles. The molecule has 1 saturated heterocycles. The Bertz CT molecular complexity index is 458. The zero-order valence-corrected chi connectivity index (χ0v) is 16.7. The standard InChI is InChI=1S/C19H35F3N4O/c1-23-17(25-14-18(7-3-8-18)9-13-27-2)24-10-4-16-5-11-26(12-6-16)15-19(20,21)22/h16H,3-15H2,1-2H3,(H2,23,24,25). The summed E-state index contributed by atoms with van der Waals surface area (Å²) in [6.07, 6.45) is 3.37. The van der Waals surface area contributed by atoms with E-state index in [1.54, 1.807) is 14.2 Å². The number of rotatable bonds is 9. The Labute approximate surface area is 161 Å². The highest BCUT2D eigenvalue weighted by atomic mass is 19.4. The van der Waals surface area contributed by atoms with Crippen molar-refractivity contribution in [1.29, 1.82) is 0 Å². The molecule has 8 heteroatoms. The Morgan fingerprint density at radius 1 is 1.22 bits per heavy atom. The molecule has 1 saturated carbocycles. The van der Waals surface area contributed by atoms with Gasteiger partial charge in [0.15, 0.2) is 5.96 Å². The Kier molecular flexibility index (Phi) is 8.66. The third-order valence-electron chi connectivity index (χ3n) is 6.06. The monoisotopic (exact) mass is 392 g/mol. The Balaban J connectivity index is 1.61. The minimum Gasteiger partial charge on any atom is -0.385 e. The van der Waals surface area contributed by atoms with Crippen LogP contribution in [0, 0.1) is 11.3 Å². The van der Waals surface area contributed by atoms with Crippen molar-refractivity contribution in [3.8, 4) is 0 Å². The number of ether oxygens (including phenoxy) is 1. The van der Waals surface area contributed by atoms with Crippen LogP contribution in [0.5, 0.6) is 0 Å². The fraction of sp³-hybridized carbons (Fsp3) is 0.947. The van der Waals surface area contributed by atoms with Crippen molar-refractivity contribution in [1.82, 2.24) is 15.5 Å². The molecule has 1 aliphatic carbocycles. The first-order valence-electron chi connectivity index (χ1n) is 10.1. The van der Waals surface area contributed by atoms with E-state index in [9.17, 15) is 13.2 Å². The van der Waals surface area contributed by atoms with Gasteiger partial charge in [-0.2, -0.15) is 13.2 Å². The van der Waals surface area contributed by atoms with E-state index in [-0.39, 0.29) is 0 Å². The molecule has 0 amide bonds. The number of piperidine rings is 1. The zero-order valence-electron chi connectivity index (χ0n) is 16.7. The second kappa shape index (κ2) is 10.5. The number of alkyl halides is 3. The van der Waals surface area contributed by atoms with Crippen LogP contribution >= 0.6 is 0 Å². The largest absolute Gasteiger partial charge is 0.401 e. The van der Waals surface area contributed by atoms with E-state index in [2.05, 4.69) is 15.6 Å². The molecule has 2 aliphatic rings. The number of aliphatic imine (C=N–C) groups is 1. The molecule has 0 aromatic rings. The van der Waals surface area contributed by atoms with E-state index >= 15 is 0 Å². The van der Waals surface area contributed by atoms with Crippen molar-refractivity contribution in [3.05, 3.63) is 0 Å². The average Bonchev–Trinajstić information content (AvgIpc) is 2.59. The van der Waals surface area contributed by atoms with Gasteiger partial charge >= 0.3 is 6.18 Å². The number of halogens is 3. The van der Waals surface area contributed by atoms with Gasteiger partial charge in [-0.3, -0.25) is 9.89 Å². The van der Waals surface area contributed by atoms with Crippen LogP contribution in [-0.4, -0.2) is 70.5 Å². The van der Waals surface area contributed by atoms with E-state index in [1.165, 1.54) is 24.2 Å². The first-order chi connectivity index (χ1) is 12.9. The molecular formula is C19H35F3N4O. The smallest absolute Gasteiger partial charge is 0.385 e. The summed E-state index contributed by atoms with van der Waals surface area (Å²) in [6.45, 7) is 2.80. The van der Waals surface area contributed by atoms with Crippen LogP contribution in [0.4, 0.5) is 13.2 Å². The molecule has 5 nitrogen and oxygen atoms in total. The van der Waals surface area contributed by atoms with Crippen LogP contribution in [0.3, 0.4) is 0 Å². The summed E-state index contributed by atoms with van der Waals surface area (Å²) < 4.78 is 42.6. The number of hydrogen-bond acceptors (Lipinski definition) is 3. The van der Waals surface area contributed by atoms with Gasteiger partial charge in [0.1, 0.15) is 0 Å². The van der Waals surface area contributed by atoms with Crippen molar-refractivity contribution < 1.29 is 17.9 Å². The predicted octanol–water partition coefficient (Wildman–Crippen LogP) is 3.02. The maximum atomic E-state index is 12.4. The number of methoxy groups -OCH3 is 1. The molecule has 0 bridgehead atoms. The molecule has 1 heterocycles. The van der Waals surface area contributed by atoms with Crippen LogP contribution in [0.25, 0.3) is 0 Å². The van der Waals surface area contributed by atoms with Gasteiger partial charge in [0.2, 0.25) is 0 Å². The van der Waals surface area contributed by atoms with E-state index in [0.717, 1.165) is 51.3 Å². The van der Waals surface area contributed by atoms with Crippen molar-refractivity contribution in [2.24, 2.45) is 16.3 Å². The van der Waals surface area contributed by atoms with Gasteiger partial charge in [0.25, 0.3) is 0 Å². The van der Waals surface area contributed by atoms with Crippen LogP contribution in [0.2, 0.25) is 0 Å². The molecule has 0 atom stereocenters. The lowest BCUT2D eigenvalue weighted by Crippen LogP contribution is -2.47. The highest BCUT2D eigenvalue weighted by Gasteiger charge is 2.36. The summed E-state index contributed by atoms with van der Waals surface area (Å²) in [5.41, 5.74) is 0.332. The van der Waals surface area contributed by atoms with E-state index in [4.69, 9.17) is 4.74 Å². The first kappa shape index (κ1) is 22.3. The number of hydrogen-bond donors (Lipinski definition) is 2. The Morgan fingerprint density at radius 2 is 1.93 bits per heavy atom. The Hall–Kier alpha value is -1.02. The van der Waals surface area contributed by atoms with E-state index in [0.29, 0.717) is 24.4 Å². The fourth-order valence-electron chi connectivity index (χ4n) is 4.08. The molecule has 0 aromatic carbocycles. The third-order valence-corrected chi connectivity index (χ3v) is 6.06. The van der Waals surface area contributed by atoms with Crippen LogP contribution in [0.15, 0.2) is 4.99 Å². The van der Waals surface area contributed by atoms with Crippen molar-refractivity contribution in [3.63, 3.8) is 0 Å². The summed E-state index contributed by atoms with van der Waals surface area (Å²) in [4.78, 5) is 5.81. The zero-order chi connectivity index (χ0) is 19.8. The van der Waals surface area contributed by atoms with Crippen molar-refractivity contribution in [2.75, 3.05) is 53.5 Å². The van der Waals surface area contributed by atoms with Gasteiger partial charge in [-0.15, -0.1) is 0 Å². The van der Waals surface area contributed by atoms with Gasteiger partial charge in [0, 0.05) is 33.9 Å². The maximum absolute atomic E-state index is 12.4. The van der Waals surface area contributed by atoms with E-state index < -0.39 is 12.7 Å². The van der Waals surface area contributed by atoms with Crippen LogP contribution in [-0.2, 0) is 4.74 Å². The summed E-state index contributed by atoms with van der Waals surface area (Å²) >= 11 is 0. The lowest BCUT2D eigenvalue weighted by Gasteiger charge is -2.42. The minimum atomic E-state index is -4.09. The molecule has 0 spiro atoms. The van der Waals surface area contributed by atoms with Gasteiger partial charge < -0.3 is 15.4 Å². The second-order valence-electron chi connectivity index (χ2n) is 8.07. The summed E-state index contributed by atoms with van der Waals surface area (Å²) in [5.74, 6) is 1.30. The fourth-order valence-corrected chi connectivity index (χ4v) is 4.08. The van der Waals surface area contributed by atoms with Gasteiger partial charge in [-0.1, -0.05) is 6.42 Å². The van der Waals surface area contributed by atoms with E-state index in [1.807, 2.05) is 0 Å². The quantitative estimate of drug-likeness (QED) is 0.468. The Morgan fingerprint density at radius 3 is 2.44 bits per heavy atom. The SMILES string of the molecule is CN=C(NCCC1CCN(CC(F)(F)F)CC1)NCC1(CCOC)CCC1. The maximum Gasteiger partial charge on any atom is 0.401 e. The van der Waals surface area contributed by atoms with Gasteiger partial charge in [-0.25, -0.2) is 0 Å². The molecule has 27 heavy (non-hydrogen) atoms. The second-order valence-corrected chi connectivity index (χ2v) is 8.07. The lowest BCUT2D eigenvalue weighted by molar-refractivity contribution is -0.148. The molecule has 0 radical (unpaired) electrons. The normalized spacial score (nSPS) is 21.7.